The lowest BCUT2D eigenvalue weighted by atomic mass is 9.75. The van der Waals surface area contributed by atoms with Gasteiger partial charge in [-0.2, -0.15) is 0 Å². The van der Waals surface area contributed by atoms with Gasteiger partial charge in [0, 0.05) is 12.0 Å². The van der Waals surface area contributed by atoms with Crippen molar-refractivity contribution in [3.63, 3.8) is 0 Å². The van der Waals surface area contributed by atoms with Crippen LogP contribution >= 0.6 is 0 Å². The number of hydrogen-bond acceptors (Lipinski definition) is 5. The van der Waals surface area contributed by atoms with Gasteiger partial charge in [0.1, 0.15) is 12.1 Å². The van der Waals surface area contributed by atoms with E-state index >= 15 is 0 Å². The summed E-state index contributed by atoms with van der Waals surface area (Å²) in [6.07, 6.45) is 3.05. The van der Waals surface area contributed by atoms with Crippen molar-refractivity contribution in [2.75, 3.05) is 6.61 Å². The molecular weight excluding hydrogens is 438 g/mol. The van der Waals surface area contributed by atoms with E-state index in [-0.39, 0.29) is 30.0 Å². The topological polar surface area (TPSA) is 64.6 Å². The maximum absolute atomic E-state index is 14.1. The molecule has 1 aliphatic heterocycles. The molecule has 5 nitrogen and oxygen atoms in total. The van der Waals surface area contributed by atoms with E-state index in [9.17, 15) is 9.59 Å². The van der Waals surface area contributed by atoms with Crippen LogP contribution in [0.2, 0.25) is 0 Å². The van der Waals surface area contributed by atoms with Crippen LogP contribution in [0.5, 0.6) is 0 Å². The quantitative estimate of drug-likeness (QED) is 0.521. The Hall–Kier alpha value is -2.66. The fourth-order valence-electron chi connectivity index (χ4n) is 6.06. The standard InChI is InChI=1S/C30H39NO4/c1-5-34-30(33)28-25(21-12-8-6-9-13-21)26(27(31-28)22-14-10-7-11-15-22)29(32)35-24-18-20(4)16-17-23(24)19(2)3/h6-15,19-20,23-28,31H,5,16-18H2,1-4H3/t20-,23+,24-,25-,26-,27+,28+/m1/s1. The molecule has 0 bridgehead atoms. The monoisotopic (exact) mass is 477 g/mol. The molecule has 1 aliphatic carbocycles. The van der Waals surface area contributed by atoms with Gasteiger partial charge in [0.25, 0.3) is 0 Å². The van der Waals surface area contributed by atoms with Crippen LogP contribution in [0, 0.1) is 23.7 Å². The second-order valence-electron chi connectivity index (χ2n) is 10.5. The zero-order chi connectivity index (χ0) is 24.9. The van der Waals surface area contributed by atoms with Gasteiger partial charge in [0.05, 0.1) is 12.5 Å². The van der Waals surface area contributed by atoms with Crippen LogP contribution in [0.1, 0.15) is 70.0 Å². The molecule has 5 heteroatoms. The molecule has 0 aromatic heterocycles. The number of ether oxygens (including phenoxy) is 2. The third kappa shape index (κ3) is 5.61. The Bertz CT molecular complexity index is 976. The summed E-state index contributed by atoms with van der Waals surface area (Å²) in [7, 11) is 0. The first-order valence-corrected chi connectivity index (χ1v) is 13.1. The molecule has 7 atom stereocenters. The van der Waals surface area contributed by atoms with Crippen molar-refractivity contribution in [1.82, 2.24) is 5.32 Å². The average molecular weight is 478 g/mol. The zero-order valence-corrected chi connectivity index (χ0v) is 21.4. The summed E-state index contributed by atoms with van der Waals surface area (Å²) in [4.78, 5) is 27.2. The van der Waals surface area contributed by atoms with Crippen molar-refractivity contribution in [3.05, 3.63) is 71.8 Å². The van der Waals surface area contributed by atoms with Crippen LogP contribution < -0.4 is 5.32 Å². The van der Waals surface area contributed by atoms with E-state index in [0.717, 1.165) is 24.0 Å². The first kappa shape index (κ1) is 25.4. The lowest BCUT2D eigenvalue weighted by Crippen LogP contribution is -2.39. The molecule has 0 spiro atoms. The number of nitrogens with one attached hydrogen (secondary N) is 1. The van der Waals surface area contributed by atoms with Crippen LogP contribution in [-0.2, 0) is 19.1 Å². The minimum Gasteiger partial charge on any atom is -0.465 e. The highest BCUT2D eigenvalue weighted by Gasteiger charge is 2.52. The summed E-state index contributed by atoms with van der Waals surface area (Å²) in [6, 6.07) is 18.8. The van der Waals surface area contributed by atoms with Crippen molar-refractivity contribution < 1.29 is 19.1 Å². The van der Waals surface area contributed by atoms with Gasteiger partial charge in [-0.3, -0.25) is 14.9 Å². The Labute approximate surface area is 209 Å². The predicted molar refractivity (Wildman–Crippen MR) is 137 cm³/mol. The summed E-state index contributed by atoms with van der Waals surface area (Å²) in [5, 5.41) is 3.48. The summed E-state index contributed by atoms with van der Waals surface area (Å²) in [6.45, 7) is 8.77. The van der Waals surface area contributed by atoms with Gasteiger partial charge >= 0.3 is 11.9 Å². The summed E-state index contributed by atoms with van der Waals surface area (Å²) >= 11 is 0. The molecular formula is C30H39NO4. The molecule has 2 aliphatic rings. The summed E-state index contributed by atoms with van der Waals surface area (Å²) in [5.74, 6) is -0.141. The summed E-state index contributed by atoms with van der Waals surface area (Å²) < 4.78 is 11.8. The molecule has 2 aromatic carbocycles. The van der Waals surface area contributed by atoms with Gasteiger partial charge in [0.2, 0.25) is 0 Å². The number of benzene rings is 2. The predicted octanol–water partition coefficient (Wildman–Crippen LogP) is 5.67. The van der Waals surface area contributed by atoms with Crippen molar-refractivity contribution in [1.29, 1.82) is 0 Å². The Morgan fingerprint density at radius 2 is 1.57 bits per heavy atom. The van der Waals surface area contributed by atoms with Gasteiger partial charge in [0.15, 0.2) is 0 Å². The fourth-order valence-corrected chi connectivity index (χ4v) is 6.06. The first-order chi connectivity index (χ1) is 16.9. The Morgan fingerprint density at radius 1 is 0.943 bits per heavy atom. The lowest BCUT2D eigenvalue weighted by molar-refractivity contribution is -0.162. The minimum absolute atomic E-state index is 0.0965. The molecule has 188 valence electrons. The van der Waals surface area contributed by atoms with E-state index in [4.69, 9.17) is 9.47 Å². The number of rotatable bonds is 7. The van der Waals surface area contributed by atoms with Gasteiger partial charge in [-0.25, -0.2) is 0 Å². The maximum atomic E-state index is 14.1. The minimum atomic E-state index is -0.633. The fraction of sp³-hybridized carbons (Fsp3) is 0.533. The van der Waals surface area contributed by atoms with Crippen molar-refractivity contribution in [3.8, 4) is 0 Å². The molecule has 1 heterocycles. The highest BCUT2D eigenvalue weighted by atomic mass is 16.5. The van der Waals surface area contributed by atoms with Crippen LogP contribution in [0.15, 0.2) is 60.7 Å². The second kappa shape index (κ2) is 11.4. The highest BCUT2D eigenvalue weighted by Crippen LogP contribution is 2.45. The highest BCUT2D eigenvalue weighted by molar-refractivity contribution is 5.83. The summed E-state index contributed by atoms with van der Waals surface area (Å²) in [5.41, 5.74) is 1.91. The van der Waals surface area contributed by atoms with Crippen molar-refractivity contribution >= 4 is 11.9 Å². The van der Waals surface area contributed by atoms with Gasteiger partial charge in [-0.15, -0.1) is 0 Å². The van der Waals surface area contributed by atoms with Crippen LogP contribution in [0.3, 0.4) is 0 Å². The molecule has 35 heavy (non-hydrogen) atoms. The third-order valence-corrected chi connectivity index (χ3v) is 7.85. The van der Waals surface area contributed by atoms with Crippen LogP contribution in [0.25, 0.3) is 0 Å². The SMILES string of the molecule is CCOC(=O)[C@H]1N[C@@H](c2ccccc2)[C@H](C(=O)O[C@@H]2C[C@H](C)CC[C@H]2C(C)C)[C@H]1c1ccccc1. The van der Waals surface area contributed by atoms with Gasteiger partial charge < -0.3 is 9.47 Å². The zero-order valence-electron chi connectivity index (χ0n) is 21.4. The van der Waals surface area contributed by atoms with Crippen LogP contribution in [0.4, 0.5) is 0 Å². The number of esters is 2. The maximum Gasteiger partial charge on any atom is 0.323 e. The molecule has 1 saturated heterocycles. The molecule has 2 fully saturated rings. The number of hydrogen-bond donors (Lipinski definition) is 1. The number of carbonyl (C=O) groups excluding carboxylic acids is 2. The Balaban J connectivity index is 1.72. The molecule has 0 amide bonds. The van der Waals surface area contributed by atoms with E-state index in [1.165, 1.54) is 6.42 Å². The van der Waals surface area contributed by atoms with E-state index < -0.39 is 12.0 Å². The van der Waals surface area contributed by atoms with Crippen molar-refractivity contribution in [2.45, 2.75) is 71.1 Å². The van der Waals surface area contributed by atoms with E-state index in [0.29, 0.717) is 24.4 Å². The molecule has 0 radical (unpaired) electrons. The molecule has 1 saturated carbocycles. The molecule has 0 unspecified atom stereocenters. The van der Waals surface area contributed by atoms with Crippen LogP contribution in [-0.4, -0.2) is 30.7 Å². The Kier molecular flexibility index (Phi) is 8.27. The van der Waals surface area contributed by atoms with E-state index in [1.807, 2.05) is 60.7 Å². The average Bonchev–Trinajstić information content (AvgIpc) is 3.26. The van der Waals surface area contributed by atoms with E-state index in [1.54, 1.807) is 6.92 Å². The molecule has 4 rings (SSSR count). The molecule has 1 N–H and O–H groups in total. The van der Waals surface area contributed by atoms with Gasteiger partial charge in [-0.05, 0) is 48.6 Å². The second-order valence-corrected chi connectivity index (χ2v) is 10.5. The number of carbonyl (C=O) groups is 2. The normalized spacial score (nSPS) is 30.7. The van der Waals surface area contributed by atoms with E-state index in [2.05, 4.69) is 26.1 Å². The first-order valence-electron chi connectivity index (χ1n) is 13.1. The third-order valence-electron chi connectivity index (χ3n) is 7.85. The van der Waals surface area contributed by atoms with Crippen molar-refractivity contribution in [2.24, 2.45) is 23.7 Å². The Morgan fingerprint density at radius 3 is 2.17 bits per heavy atom. The molecule has 2 aromatic rings. The lowest BCUT2D eigenvalue weighted by Gasteiger charge is -2.38. The largest absolute Gasteiger partial charge is 0.465 e. The smallest absolute Gasteiger partial charge is 0.323 e. The van der Waals surface area contributed by atoms with Gasteiger partial charge in [-0.1, -0.05) is 87.9 Å².